The molecular weight excluding hydrogens is 219 g/mol. The Kier molecular flexibility index (Phi) is 2.08. The average Bonchev–Trinajstić information content (AvgIpc) is 2.71. The molecule has 0 spiro atoms. The van der Waals surface area contributed by atoms with Gasteiger partial charge in [-0.05, 0) is 30.3 Å². The Labute approximate surface area is 96.6 Å². The van der Waals surface area contributed by atoms with E-state index in [1.165, 1.54) is 12.1 Å². The van der Waals surface area contributed by atoms with Gasteiger partial charge in [0.15, 0.2) is 5.58 Å². The van der Waals surface area contributed by atoms with Gasteiger partial charge in [0.25, 0.3) is 0 Å². The van der Waals surface area contributed by atoms with Crippen LogP contribution in [0.2, 0.25) is 0 Å². The van der Waals surface area contributed by atoms with Crippen LogP contribution in [0.1, 0.15) is 0 Å². The number of hydrogen-bond donors (Lipinski definition) is 1. The lowest BCUT2D eigenvalue weighted by atomic mass is 10.1. The maximum atomic E-state index is 13.2. The molecule has 0 fully saturated rings. The molecule has 84 valence electrons. The molecule has 1 heterocycles. The predicted octanol–water partition coefficient (Wildman–Crippen LogP) is 3.22. The van der Waals surface area contributed by atoms with Gasteiger partial charge in [-0.2, -0.15) is 0 Å². The highest BCUT2D eigenvalue weighted by molar-refractivity contribution is 5.93. The van der Waals surface area contributed by atoms with Gasteiger partial charge in [-0.3, -0.25) is 0 Å². The molecule has 0 saturated heterocycles. The Morgan fingerprint density at radius 2 is 2.00 bits per heavy atom. The Morgan fingerprint density at radius 1 is 1.12 bits per heavy atom. The van der Waals surface area contributed by atoms with Crippen molar-refractivity contribution in [3.63, 3.8) is 0 Å². The largest absolute Gasteiger partial charge is 0.399 e. The quantitative estimate of drug-likeness (QED) is 0.650. The normalized spacial score (nSPS) is 10.9. The molecule has 2 aromatic carbocycles. The molecule has 3 aromatic rings. The van der Waals surface area contributed by atoms with Crippen LogP contribution in [0.5, 0.6) is 0 Å². The van der Waals surface area contributed by atoms with Crippen LogP contribution in [0.3, 0.4) is 0 Å². The predicted molar refractivity (Wildman–Crippen MR) is 63.8 cm³/mol. The second-order valence-corrected chi connectivity index (χ2v) is 3.80. The molecule has 1 aromatic heterocycles. The molecule has 0 aliphatic rings. The first-order chi connectivity index (χ1) is 8.24. The van der Waals surface area contributed by atoms with Crippen molar-refractivity contribution in [2.75, 3.05) is 5.73 Å². The number of nitrogens with two attached hydrogens (primary N) is 1. The number of nitrogen functional groups attached to an aromatic ring is 1. The summed E-state index contributed by atoms with van der Waals surface area (Å²) in [5, 5.41) is 4.74. The van der Waals surface area contributed by atoms with Gasteiger partial charge < -0.3 is 10.3 Å². The fraction of sp³-hybridized carbons (Fsp3) is 0. The fourth-order valence-corrected chi connectivity index (χ4v) is 1.80. The topological polar surface area (TPSA) is 52.0 Å². The summed E-state index contributed by atoms with van der Waals surface area (Å²) in [7, 11) is 0. The second kappa shape index (κ2) is 3.59. The Balaban J connectivity index is 2.27. The zero-order valence-corrected chi connectivity index (χ0v) is 8.85. The minimum absolute atomic E-state index is 0.303. The van der Waals surface area contributed by atoms with E-state index >= 15 is 0 Å². The third-order valence-electron chi connectivity index (χ3n) is 2.59. The van der Waals surface area contributed by atoms with E-state index in [1.54, 1.807) is 30.3 Å². The van der Waals surface area contributed by atoms with Crippen molar-refractivity contribution < 1.29 is 8.91 Å². The van der Waals surface area contributed by atoms with Gasteiger partial charge in [-0.25, -0.2) is 4.39 Å². The molecule has 0 atom stereocenters. The molecule has 0 radical (unpaired) electrons. The summed E-state index contributed by atoms with van der Waals surface area (Å²) in [4.78, 5) is 0. The number of hydrogen-bond acceptors (Lipinski definition) is 3. The fourth-order valence-electron chi connectivity index (χ4n) is 1.80. The Morgan fingerprint density at radius 3 is 2.82 bits per heavy atom. The van der Waals surface area contributed by atoms with E-state index in [0.29, 0.717) is 22.5 Å². The van der Waals surface area contributed by atoms with Crippen molar-refractivity contribution in [3.05, 3.63) is 48.3 Å². The van der Waals surface area contributed by atoms with Gasteiger partial charge in [0.1, 0.15) is 11.5 Å². The third-order valence-corrected chi connectivity index (χ3v) is 2.59. The molecule has 3 rings (SSSR count). The van der Waals surface area contributed by atoms with Crippen LogP contribution in [0, 0.1) is 5.82 Å². The maximum Gasteiger partial charge on any atom is 0.167 e. The minimum Gasteiger partial charge on any atom is -0.399 e. The van der Waals surface area contributed by atoms with Crippen molar-refractivity contribution >= 4 is 16.7 Å². The number of nitrogens with zero attached hydrogens (tertiary/aromatic N) is 1. The molecule has 0 amide bonds. The maximum absolute atomic E-state index is 13.2. The highest BCUT2D eigenvalue weighted by atomic mass is 19.1. The van der Waals surface area contributed by atoms with Crippen LogP contribution in [-0.2, 0) is 0 Å². The van der Waals surface area contributed by atoms with Crippen molar-refractivity contribution in [2.45, 2.75) is 0 Å². The first-order valence-corrected chi connectivity index (χ1v) is 5.15. The second-order valence-electron chi connectivity index (χ2n) is 3.80. The van der Waals surface area contributed by atoms with E-state index in [-0.39, 0.29) is 5.82 Å². The lowest BCUT2D eigenvalue weighted by molar-refractivity contribution is 0.459. The van der Waals surface area contributed by atoms with Crippen molar-refractivity contribution in [2.24, 2.45) is 0 Å². The molecule has 3 nitrogen and oxygen atoms in total. The third kappa shape index (κ3) is 1.63. The van der Waals surface area contributed by atoms with Crippen molar-refractivity contribution in [1.82, 2.24) is 5.16 Å². The Hall–Kier alpha value is -2.36. The number of fused-ring (bicyclic) bond motifs is 1. The van der Waals surface area contributed by atoms with Crippen LogP contribution in [0.25, 0.3) is 22.2 Å². The van der Waals surface area contributed by atoms with Gasteiger partial charge in [0, 0.05) is 11.3 Å². The summed E-state index contributed by atoms with van der Waals surface area (Å²) in [6.45, 7) is 0. The molecule has 2 N–H and O–H groups in total. The molecule has 0 saturated carbocycles. The number of halogens is 1. The van der Waals surface area contributed by atoms with Crippen LogP contribution < -0.4 is 5.73 Å². The molecule has 0 unspecified atom stereocenters. The number of rotatable bonds is 1. The molecule has 4 heteroatoms. The van der Waals surface area contributed by atoms with E-state index < -0.39 is 0 Å². The standard InChI is InChI=1S/C13H9FN2O/c14-9-3-1-2-8(6-9)13-11-7-10(15)4-5-12(11)17-16-13/h1-7H,15H2. The minimum atomic E-state index is -0.303. The summed E-state index contributed by atoms with van der Waals surface area (Å²) in [6.07, 6.45) is 0. The van der Waals surface area contributed by atoms with Gasteiger partial charge in [0.2, 0.25) is 0 Å². The SMILES string of the molecule is Nc1ccc2onc(-c3cccc(F)c3)c2c1. The van der Waals surface area contributed by atoms with E-state index in [9.17, 15) is 4.39 Å². The first-order valence-electron chi connectivity index (χ1n) is 5.15. The van der Waals surface area contributed by atoms with Crippen molar-refractivity contribution in [1.29, 1.82) is 0 Å². The summed E-state index contributed by atoms with van der Waals surface area (Å²) in [5.74, 6) is -0.303. The summed E-state index contributed by atoms with van der Waals surface area (Å²) in [6, 6.07) is 11.5. The highest BCUT2D eigenvalue weighted by Gasteiger charge is 2.10. The van der Waals surface area contributed by atoms with E-state index in [2.05, 4.69) is 5.16 Å². The highest BCUT2D eigenvalue weighted by Crippen LogP contribution is 2.29. The number of aromatic nitrogens is 1. The van der Waals surface area contributed by atoms with E-state index in [0.717, 1.165) is 5.39 Å². The Bertz CT molecular complexity index is 691. The van der Waals surface area contributed by atoms with Crippen LogP contribution >= 0.6 is 0 Å². The van der Waals surface area contributed by atoms with Gasteiger partial charge >= 0.3 is 0 Å². The van der Waals surface area contributed by atoms with Crippen LogP contribution in [0.4, 0.5) is 10.1 Å². The van der Waals surface area contributed by atoms with Gasteiger partial charge in [-0.15, -0.1) is 0 Å². The molecular formula is C13H9FN2O. The molecule has 0 aliphatic carbocycles. The smallest absolute Gasteiger partial charge is 0.167 e. The van der Waals surface area contributed by atoms with E-state index in [1.807, 2.05) is 0 Å². The van der Waals surface area contributed by atoms with Gasteiger partial charge in [0.05, 0.1) is 5.39 Å². The monoisotopic (exact) mass is 228 g/mol. The summed E-state index contributed by atoms with van der Waals surface area (Å²) in [5.41, 5.74) is 8.26. The molecule has 0 aliphatic heterocycles. The van der Waals surface area contributed by atoms with Crippen LogP contribution in [-0.4, -0.2) is 5.16 Å². The van der Waals surface area contributed by atoms with E-state index in [4.69, 9.17) is 10.3 Å². The summed E-state index contributed by atoms with van der Waals surface area (Å²) >= 11 is 0. The number of anilines is 1. The molecule has 17 heavy (non-hydrogen) atoms. The average molecular weight is 228 g/mol. The number of benzene rings is 2. The van der Waals surface area contributed by atoms with Crippen molar-refractivity contribution in [3.8, 4) is 11.3 Å². The molecule has 0 bridgehead atoms. The van der Waals surface area contributed by atoms with Gasteiger partial charge in [-0.1, -0.05) is 17.3 Å². The van der Waals surface area contributed by atoms with Crippen LogP contribution in [0.15, 0.2) is 47.0 Å². The lowest BCUT2D eigenvalue weighted by Crippen LogP contribution is -1.84. The first kappa shape index (κ1) is 9.84. The summed E-state index contributed by atoms with van der Waals surface area (Å²) < 4.78 is 18.3. The zero-order chi connectivity index (χ0) is 11.8. The lowest BCUT2D eigenvalue weighted by Gasteiger charge is -1.97. The zero-order valence-electron chi connectivity index (χ0n) is 8.85.